The Morgan fingerprint density at radius 3 is 2.54 bits per heavy atom. The summed E-state index contributed by atoms with van der Waals surface area (Å²) in [5, 5.41) is 11.7. The average molecular weight is 357 g/mol. The molecule has 7 nitrogen and oxygen atoms in total. The van der Waals surface area contributed by atoms with Crippen LogP contribution in [0.5, 0.6) is 0 Å². The van der Waals surface area contributed by atoms with Crippen LogP contribution in [0.2, 0.25) is 0 Å². The zero-order chi connectivity index (χ0) is 19.5. The molecule has 2 rings (SSSR count). The number of amides is 1. The van der Waals surface area contributed by atoms with E-state index in [1.54, 1.807) is 25.1 Å². The Bertz CT molecular complexity index is 894. The van der Waals surface area contributed by atoms with Gasteiger partial charge in [-0.15, -0.1) is 0 Å². The first kappa shape index (κ1) is 19.4. The molecule has 2 aromatic rings. The van der Waals surface area contributed by atoms with Gasteiger partial charge in [-0.25, -0.2) is 9.78 Å². The highest BCUT2D eigenvalue weighted by molar-refractivity contribution is 5.94. The number of benzene rings is 1. The topological polar surface area (TPSA) is 112 Å². The highest BCUT2D eigenvalue weighted by atomic mass is 16.4. The minimum Gasteiger partial charge on any atom is -0.478 e. The number of H-pyrrole nitrogens is 1. The van der Waals surface area contributed by atoms with E-state index in [9.17, 15) is 14.4 Å². The molecule has 0 aliphatic heterocycles. The summed E-state index contributed by atoms with van der Waals surface area (Å²) in [5.41, 5.74) is 0.572. The second kappa shape index (κ2) is 7.51. The molecule has 138 valence electrons. The highest BCUT2D eigenvalue weighted by Gasteiger charge is 2.21. The van der Waals surface area contributed by atoms with Gasteiger partial charge in [0.25, 0.3) is 11.5 Å². The van der Waals surface area contributed by atoms with Crippen LogP contribution in [0.15, 0.2) is 29.1 Å². The molecule has 0 aliphatic carbocycles. The standard InChI is InChI=1S/C19H23N3O4/c1-11-14(16(24)22-18(21-11)19(2,3)4)15(23)20-9-8-12-6-5-7-13(10-12)17(25)26/h5-7,10H,8-9H2,1-4H3,(H,20,23)(H,25,26)(H,21,22,24). The van der Waals surface area contributed by atoms with Crippen LogP contribution in [0.3, 0.4) is 0 Å². The Morgan fingerprint density at radius 1 is 1.27 bits per heavy atom. The van der Waals surface area contributed by atoms with E-state index in [1.807, 2.05) is 20.8 Å². The van der Waals surface area contributed by atoms with Gasteiger partial charge in [-0.3, -0.25) is 9.59 Å². The van der Waals surface area contributed by atoms with E-state index in [4.69, 9.17) is 5.11 Å². The minimum absolute atomic E-state index is 0.00251. The van der Waals surface area contributed by atoms with E-state index in [0.29, 0.717) is 17.9 Å². The maximum absolute atomic E-state index is 12.3. The lowest BCUT2D eigenvalue weighted by Crippen LogP contribution is -2.34. The Kier molecular flexibility index (Phi) is 5.59. The van der Waals surface area contributed by atoms with Crippen molar-refractivity contribution >= 4 is 11.9 Å². The fourth-order valence-electron chi connectivity index (χ4n) is 2.48. The first-order valence-electron chi connectivity index (χ1n) is 8.31. The van der Waals surface area contributed by atoms with Crippen molar-refractivity contribution in [2.45, 2.75) is 39.5 Å². The summed E-state index contributed by atoms with van der Waals surface area (Å²) in [5.74, 6) is -0.962. The third-order valence-electron chi connectivity index (χ3n) is 3.91. The van der Waals surface area contributed by atoms with Gasteiger partial charge in [0.15, 0.2) is 0 Å². The van der Waals surface area contributed by atoms with E-state index in [1.165, 1.54) is 6.07 Å². The van der Waals surface area contributed by atoms with Gasteiger partial charge < -0.3 is 15.4 Å². The summed E-state index contributed by atoms with van der Waals surface area (Å²) in [4.78, 5) is 42.6. The molecule has 26 heavy (non-hydrogen) atoms. The van der Waals surface area contributed by atoms with E-state index in [-0.39, 0.29) is 23.1 Å². The normalized spacial score (nSPS) is 11.2. The molecule has 0 fully saturated rings. The molecule has 1 amide bonds. The van der Waals surface area contributed by atoms with E-state index in [0.717, 1.165) is 5.56 Å². The minimum atomic E-state index is -0.997. The van der Waals surface area contributed by atoms with Crippen molar-refractivity contribution < 1.29 is 14.7 Å². The molecular weight excluding hydrogens is 334 g/mol. The summed E-state index contributed by atoms with van der Waals surface area (Å²) in [6.07, 6.45) is 0.456. The van der Waals surface area contributed by atoms with E-state index >= 15 is 0 Å². The zero-order valence-corrected chi connectivity index (χ0v) is 15.3. The molecular formula is C19H23N3O4. The third-order valence-corrected chi connectivity index (χ3v) is 3.91. The first-order valence-corrected chi connectivity index (χ1v) is 8.31. The van der Waals surface area contributed by atoms with Crippen molar-refractivity contribution in [3.05, 3.63) is 62.8 Å². The molecule has 0 bridgehead atoms. The summed E-state index contributed by atoms with van der Waals surface area (Å²) in [6, 6.07) is 6.52. The molecule has 7 heteroatoms. The fraction of sp³-hybridized carbons (Fsp3) is 0.368. The van der Waals surface area contributed by atoms with Crippen molar-refractivity contribution in [1.82, 2.24) is 15.3 Å². The van der Waals surface area contributed by atoms with Gasteiger partial charge in [-0.05, 0) is 31.0 Å². The first-order chi connectivity index (χ1) is 12.1. The Hall–Kier alpha value is -2.96. The van der Waals surface area contributed by atoms with Crippen LogP contribution in [0.25, 0.3) is 0 Å². The van der Waals surface area contributed by atoms with Crippen LogP contribution < -0.4 is 10.9 Å². The number of hydrogen-bond acceptors (Lipinski definition) is 4. The number of aryl methyl sites for hydroxylation is 1. The molecule has 0 aliphatic rings. The molecule has 0 radical (unpaired) electrons. The van der Waals surface area contributed by atoms with Gasteiger partial charge in [-0.1, -0.05) is 32.9 Å². The number of rotatable bonds is 5. The lowest BCUT2D eigenvalue weighted by molar-refractivity contribution is 0.0696. The van der Waals surface area contributed by atoms with Crippen LogP contribution >= 0.6 is 0 Å². The second-order valence-electron chi connectivity index (χ2n) is 7.14. The smallest absolute Gasteiger partial charge is 0.335 e. The number of carbonyl (C=O) groups excluding carboxylic acids is 1. The van der Waals surface area contributed by atoms with Crippen molar-refractivity contribution in [3.8, 4) is 0 Å². The number of aromatic nitrogens is 2. The Morgan fingerprint density at radius 2 is 1.96 bits per heavy atom. The maximum Gasteiger partial charge on any atom is 0.335 e. The van der Waals surface area contributed by atoms with Gasteiger partial charge in [-0.2, -0.15) is 0 Å². The van der Waals surface area contributed by atoms with Gasteiger partial charge in [0.2, 0.25) is 0 Å². The summed E-state index contributed by atoms with van der Waals surface area (Å²) >= 11 is 0. The van der Waals surface area contributed by atoms with E-state index < -0.39 is 17.4 Å². The summed E-state index contributed by atoms with van der Waals surface area (Å²) < 4.78 is 0. The van der Waals surface area contributed by atoms with Crippen molar-refractivity contribution in [2.24, 2.45) is 0 Å². The quantitative estimate of drug-likeness (QED) is 0.758. The number of carboxylic acids is 1. The number of carboxylic acid groups (broad SMARTS) is 1. The molecule has 3 N–H and O–H groups in total. The summed E-state index contributed by atoms with van der Waals surface area (Å²) in [7, 11) is 0. The molecule has 0 saturated heterocycles. The van der Waals surface area contributed by atoms with Crippen molar-refractivity contribution in [1.29, 1.82) is 0 Å². The van der Waals surface area contributed by atoms with Gasteiger partial charge in [0.05, 0.1) is 11.3 Å². The average Bonchev–Trinajstić information content (AvgIpc) is 2.53. The predicted molar refractivity (Wildman–Crippen MR) is 97.7 cm³/mol. The number of hydrogen-bond donors (Lipinski definition) is 3. The number of carbonyl (C=O) groups is 2. The van der Waals surface area contributed by atoms with Crippen LogP contribution in [0.4, 0.5) is 0 Å². The van der Waals surface area contributed by atoms with Crippen LogP contribution in [-0.4, -0.2) is 33.5 Å². The van der Waals surface area contributed by atoms with Crippen LogP contribution in [0, 0.1) is 6.92 Å². The summed E-state index contributed by atoms with van der Waals surface area (Å²) in [6.45, 7) is 7.69. The maximum atomic E-state index is 12.3. The molecule has 1 heterocycles. The predicted octanol–water partition coefficient (Wildman–Crippen LogP) is 2.05. The number of aromatic carboxylic acids is 1. The zero-order valence-electron chi connectivity index (χ0n) is 15.3. The van der Waals surface area contributed by atoms with Crippen LogP contribution in [0.1, 0.15) is 58.6 Å². The number of nitrogens with zero attached hydrogens (tertiary/aromatic N) is 1. The van der Waals surface area contributed by atoms with Crippen molar-refractivity contribution in [2.75, 3.05) is 6.54 Å². The molecule has 1 aromatic carbocycles. The number of nitrogens with one attached hydrogen (secondary N) is 2. The lowest BCUT2D eigenvalue weighted by atomic mass is 9.95. The van der Waals surface area contributed by atoms with Gasteiger partial charge in [0, 0.05) is 12.0 Å². The van der Waals surface area contributed by atoms with Crippen LogP contribution in [-0.2, 0) is 11.8 Å². The van der Waals surface area contributed by atoms with Crippen molar-refractivity contribution in [3.63, 3.8) is 0 Å². The highest BCUT2D eigenvalue weighted by Crippen LogP contribution is 2.17. The fourth-order valence-corrected chi connectivity index (χ4v) is 2.48. The SMILES string of the molecule is Cc1nc(C(C)(C)C)[nH]c(=O)c1C(=O)NCCc1cccc(C(=O)O)c1. The molecule has 0 unspecified atom stereocenters. The molecule has 0 saturated carbocycles. The Balaban J connectivity index is 2.08. The molecule has 1 aromatic heterocycles. The van der Waals surface area contributed by atoms with Gasteiger partial charge >= 0.3 is 5.97 Å². The lowest BCUT2D eigenvalue weighted by Gasteiger charge is -2.18. The third kappa shape index (κ3) is 4.56. The molecule has 0 spiro atoms. The second-order valence-corrected chi connectivity index (χ2v) is 7.14. The van der Waals surface area contributed by atoms with E-state index in [2.05, 4.69) is 15.3 Å². The number of aromatic amines is 1. The monoisotopic (exact) mass is 357 g/mol. The van der Waals surface area contributed by atoms with Gasteiger partial charge in [0.1, 0.15) is 11.4 Å². The largest absolute Gasteiger partial charge is 0.478 e. The molecule has 0 atom stereocenters. The Labute approximate surface area is 151 Å².